The topological polar surface area (TPSA) is 77.6 Å². The number of nitrogens with zero attached hydrogens (tertiary/aromatic N) is 4. The van der Waals surface area contributed by atoms with E-state index in [1.54, 1.807) is 12.4 Å². The van der Waals surface area contributed by atoms with Crippen LogP contribution in [0.5, 0.6) is 0 Å². The summed E-state index contributed by atoms with van der Waals surface area (Å²) < 4.78 is 0. The minimum atomic E-state index is 0.519. The third-order valence-electron chi connectivity index (χ3n) is 2.38. The molecule has 16 heavy (non-hydrogen) atoms. The van der Waals surface area contributed by atoms with Crippen LogP contribution in [0.2, 0.25) is 0 Å². The van der Waals surface area contributed by atoms with E-state index in [4.69, 9.17) is 5.73 Å². The smallest absolute Gasteiger partial charge is 0.131 e. The summed E-state index contributed by atoms with van der Waals surface area (Å²) in [6, 6.07) is 0. The molecule has 2 rings (SSSR count). The third kappa shape index (κ3) is 1.84. The van der Waals surface area contributed by atoms with Gasteiger partial charge in [0.2, 0.25) is 0 Å². The molecule has 0 aliphatic carbocycles. The van der Waals surface area contributed by atoms with Crippen molar-refractivity contribution >= 4 is 5.82 Å². The summed E-state index contributed by atoms with van der Waals surface area (Å²) in [4.78, 5) is 16.6. The van der Waals surface area contributed by atoms with E-state index in [0.29, 0.717) is 5.82 Å². The third-order valence-corrected chi connectivity index (χ3v) is 2.38. The van der Waals surface area contributed by atoms with Crippen LogP contribution in [-0.4, -0.2) is 19.9 Å². The van der Waals surface area contributed by atoms with Crippen molar-refractivity contribution in [3.05, 3.63) is 30.1 Å². The highest BCUT2D eigenvalue weighted by Crippen LogP contribution is 2.22. The van der Waals surface area contributed by atoms with Crippen molar-refractivity contribution in [1.82, 2.24) is 19.9 Å². The quantitative estimate of drug-likeness (QED) is 0.819. The Balaban J connectivity index is 2.60. The van der Waals surface area contributed by atoms with Gasteiger partial charge in [-0.3, -0.25) is 0 Å². The number of nitrogens with two attached hydrogens (primary N) is 1. The molecule has 82 valence electrons. The molecule has 2 aromatic rings. The van der Waals surface area contributed by atoms with Gasteiger partial charge in [-0.05, 0) is 6.92 Å². The number of aromatic nitrogens is 4. The molecule has 0 fully saturated rings. The molecule has 0 aliphatic heterocycles. The highest BCUT2D eigenvalue weighted by atomic mass is 15.0. The second-order valence-electron chi connectivity index (χ2n) is 3.48. The minimum Gasteiger partial charge on any atom is -0.383 e. The summed E-state index contributed by atoms with van der Waals surface area (Å²) in [5.41, 5.74) is 8.38. The Kier molecular flexibility index (Phi) is 2.76. The Morgan fingerprint density at radius 3 is 2.50 bits per heavy atom. The summed E-state index contributed by atoms with van der Waals surface area (Å²) >= 11 is 0. The number of hydrogen-bond donors (Lipinski definition) is 1. The molecule has 0 radical (unpaired) electrons. The van der Waals surface area contributed by atoms with Crippen LogP contribution in [0.25, 0.3) is 11.3 Å². The zero-order valence-electron chi connectivity index (χ0n) is 9.31. The summed E-state index contributed by atoms with van der Waals surface area (Å²) in [6.07, 6.45) is 5.69. The lowest BCUT2D eigenvalue weighted by molar-refractivity contribution is 0.938. The molecule has 2 N–H and O–H groups in total. The van der Waals surface area contributed by atoms with Gasteiger partial charge in [-0.2, -0.15) is 0 Å². The maximum atomic E-state index is 5.84. The molecule has 0 aliphatic rings. The minimum absolute atomic E-state index is 0.519. The van der Waals surface area contributed by atoms with Gasteiger partial charge in [0.15, 0.2) is 0 Å². The molecular formula is C11H13N5. The summed E-state index contributed by atoms with van der Waals surface area (Å²) in [5, 5.41) is 0. The van der Waals surface area contributed by atoms with E-state index >= 15 is 0 Å². The van der Waals surface area contributed by atoms with Gasteiger partial charge in [0.25, 0.3) is 0 Å². The Morgan fingerprint density at radius 1 is 1.19 bits per heavy atom. The van der Waals surface area contributed by atoms with Crippen molar-refractivity contribution in [1.29, 1.82) is 0 Å². The van der Waals surface area contributed by atoms with Crippen molar-refractivity contribution < 1.29 is 0 Å². The van der Waals surface area contributed by atoms with Gasteiger partial charge in [-0.1, -0.05) is 6.92 Å². The van der Waals surface area contributed by atoms with E-state index in [1.807, 2.05) is 13.8 Å². The van der Waals surface area contributed by atoms with Crippen LogP contribution in [0.15, 0.2) is 18.7 Å². The molecule has 0 amide bonds. The molecule has 0 saturated heterocycles. The molecule has 0 aromatic carbocycles. The number of hydrogen-bond acceptors (Lipinski definition) is 5. The van der Waals surface area contributed by atoms with Crippen LogP contribution in [0.1, 0.15) is 18.3 Å². The Hall–Kier alpha value is -2.04. The Morgan fingerprint density at radius 2 is 1.88 bits per heavy atom. The van der Waals surface area contributed by atoms with E-state index in [-0.39, 0.29) is 0 Å². The van der Waals surface area contributed by atoms with Gasteiger partial charge in [0.05, 0.1) is 5.69 Å². The molecule has 0 bridgehead atoms. The maximum absolute atomic E-state index is 5.84. The van der Waals surface area contributed by atoms with Crippen LogP contribution in [0.3, 0.4) is 0 Å². The molecule has 0 atom stereocenters. The van der Waals surface area contributed by atoms with Crippen LogP contribution in [-0.2, 0) is 6.42 Å². The van der Waals surface area contributed by atoms with Crippen LogP contribution >= 0.6 is 0 Å². The molecule has 5 heteroatoms. The fourth-order valence-corrected chi connectivity index (χ4v) is 1.44. The van der Waals surface area contributed by atoms with Gasteiger partial charge in [-0.25, -0.2) is 19.9 Å². The number of anilines is 1. The first kappa shape index (κ1) is 10.5. The van der Waals surface area contributed by atoms with Crippen molar-refractivity contribution in [2.24, 2.45) is 0 Å². The van der Waals surface area contributed by atoms with Gasteiger partial charge in [0, 0.05) is 29.9 Å². The standard InChI is InChI=1S/C11H13N5/c1-3-9-15-10(7(2)11(12)16-9)8-4-13-6-14-5-8/h4-6H,3H2,1-2H3,(H2,12,15,16). The van der Waals surface area contributed by atoms with Crippen molar-refractivity contribution in [3.63, 3.8) is 0 Å². The lowest BCUT2D eigenvalue weighted by Crippen LogP contribution is -2.04. The first-order valence-corrected chi connectivity index (χ1v) is 5.10. The van der Waals surface area contributed by atoms with E-state index in [9.17, 15) is 0 Å². The Labute approximate surface area is 93.8 Å². The molecular weight excluding hydrogens is 202 g/mol. The zero-order chi connectivity index (χ0) is 11.5. The van der Waals surface area contributed by atoms with Crippen molar-refractivity contribution in [2.45, 2.75) is 20.3 Å². The largest absolute Gasteiger partial charge is 0.383 e. The van der Waals surface area contributed by atoms with E-state index in [1.165, 1.54) is 6.33 Å². The fraction of sp³-hybridized carbons (Fsp3) is 0.273. The molecule has 0 unspecified atom stereocenters. The second kappa shape index (κ2) is 4.22. The Bertz CT molecular complexity index is 495. The van der Waals surface area contributed by atoms with E-state index < -0.39 is 0 Å². The monoisotopic (exact) mass is 215 g/mol. The van der Waals surface area contributed by atoms with E-state index in [0.717, 1.165) is 29.1 Å². The summed E-state index contributed by atoms with van der Waals surface area (Å²) in [7, 11) is 0. The lowest BCUT2D eigenvalue weighted by Gasteiger charge is -2.08. The van der Waals surface area contributed by atoms with Gasteiger partial charge >= 0.3 is 0 Å². The normalized spacial score (nSPS) is 10.4. The maximum Gasteiger partial charge on any atom is 0.131 e. The second-order valence-corrected chi connectivity index (χ2v) is 3.48. The number of nitrogen functional groups attached to an aromatic ring is 1. The SMILES string of the molecule is CCc1nc(N)c(C)c(-c2cncnc2)n1. The molecule has 0 spiro atoms. The average molecular weight is 215 g/mol. The van der Waals surface area contributed by atoms with Crippen LogP contribution in [0, 0.1) is 6.92 Å². The first-order chi connectivity index (χ1) is 7.72. The fourth-order valence-electron chi connectivity index (χ4n) is 1.44. The van der Waals surface area contributed by atoms with Crippen molar-refractivity contribution in [3.8, 4) is 11.3 Å². The summed E-state index contributed by atoms with van der Waals surface area (Å²) in [6.45, 7) is 3.90. The molecule has 2 heterocycles. The van der Waals surface area contributed by atoms with Gasteiger partial charge in [0.1, 0.15) is 18.0 Å². The van der Waals surface area contributed by atoms with Crippen molar-refractivity contribution in [2.75, 3.05) is 5.73 Å². The van der Waals surface area contributed by atoms with E-state index in [2.05, 4.69) is 19.9 Å². The zero-order valence-corrected chi connectivity index (χ0v) is 9.31. The highest BCUT2D eigenvalue weighted by Gasteiger charge is 2.09. The molecule has 2 aromatic heterocycles. The number of aryl methyl sites for hydroxylation is 1. The number of rotatable bonds is 2. The summed E-state index contributed by atoms with van der Waals surface area (Å²) in [5.74, 6) is 1.26. The van der Waals surface area contributed by atoms with Gasteiger partial charge in [-0.15, -0.1) is 0 Å². The van der Waals surface area contributed by atoms with Crippen LogP contribution < -0.4 is 5.73 Å². The molecule has 5 nitrogen and oxygen atoms in total. The van der Waals surface area contributed by atoms with Crippen LogP contribution in [0.4, 0.5) is 5.82 Å². The molecule has 0 saturated carbocycles. The predicted octanol–water partition coefficient (Wildman–Crippen LogP) is 1.39. The average Bonchev–Trinajstić information content (AvgIpc) is 2.33. The first-order valence-electron chi connectivity index (χ1n) is 5.10. The lowest BCUT2D eigenvalue weighted by atomic mass is 10.1. The van der Waals surface area contributed by atoms with Gasteiger partial charge < -0.3 is 5.73 Å². The highest BCUT2D eigenvalue weighted by molar-refractivity contribution is 5.65. The predicted molar refractivity (Wildman–Crippen MR) is 61.6 cm³/mol.